The third-order valence-corrected chi connectivity index (χ3v) is 15.6. The molecule has 7 rings (SSSR count). The highest BCUT2D eigenvalue weighted by atomic mass is 19.4. The van der Waals surface area contributed by atoms with E-state index in [0.29, 0.717) is 45.2 Å². The molecule has 0 spiro atoms. The number of nitrogens with zero attached hydrogens (tertiary/aromatic N) is 5. The summed E-state index contributed by atoms with van der Waals surface area (Å²) >= 11 is 0. The van der Waals surface area contributed by atoms with Crippen molar-refractivity contribution in [3.63, 3.8) is 0 Å². The van der Waals surface area contributed by atoms with Crippen molar-refractivity contribution in [3.05, 3.63) is 88.0 Å². The Morgan fingerprint density at radius 3 is 1.52 bits per heavy atom. The van der Waals surface area contributed by atoms with E-state index in [1.807, 2.05) is 6.07 Å². The maximum atomic E-state index is 14.7. The molecule has 0 aromatic heterocycles. The molecule has 2 saturated heterocycles. The van der Waals surface area contributed by atoms with Gasteiger partial charge < -0.3 is 53.5 Å². The minimum absolute atomic E-state index is 0.0223. The van der Waals surface area contributed by atoms with Gasteiger partial charge in [-0.3, -0.25) is 19.2 Å². The van der Waals surface area contributed by atoms with E-state index in [2.05, 4.69) is 5.32 Å². The number of alkyl carbamates (subject to hydrolysis) is 1. The highest BCUT2D eigenvalue weighted by Crippen LogP contribution is 2.46. The molecule has 3 aromatic rings. The van der Waals surface area contributed by atoms with Crippen molar-refractivity contribution in [2.24, 2.45) is 0 Å². The summed E-state index contributed by atoms with van der Waals surface area (Å²) in [4.78, 5) is 132. The van der Waals surface area contributed by atoms with Gasteiger partial charge in [-0.2, -0.15) is 45.5 Å². The number of hydrogen-bond acceptors (Lipinski definition) is 16. The molecule has 0 bridgehead atoms. The lowest BCUT2D eigenvalue weighted by Crippen LogP contribution is -2.56. The Kier molecular flexibility index (Phi) is 26.4. The van der Waals surface area contributed by atoms with Crippen LogP contribution in [0.4, 0.5) is 46.4 Å². The highest BCUT2D eigenvalue weighted by Gasteiger charge is 2.48. The minimum Gasteiger partial charge on any atom is -0.479 e. The van der Waals surface area contributed by atoms with Crippen LogP contribution in [0.3, 0.4) is 0 Å². The van der Waals surface area contributed by atoms with E-state index >= 15 is 0 Å². The molecule has 2 unspecified atom stereocenters. The first-order chi connectivity index (χ1) is 43.1. The summed E-state index contributed by atoms with van der Waals surface area (Å²) in [5.74, 6) is -2.72. The third kappa shape index (κ3) is 20.5. The number of Topliss-reactive ketones (excluding diaryl/α,β-unsaturated/α-hetero) is 1. The van der Waals surface area contributed by atoms with Gasteiger partial charge in [-0.1, -0.05) is 44.2 Å². The maximum absolute atomic E-state index is 14.7. The Morgan fingerprint density at radius 1 is 0.667 bits per heavy atom. The number of rotatable bonds is 13. The molecular formula is C65H84F6N6O16. The lowest BCUT2D eigenvalue weighted by Gasteiger charge is -2.43. The summed E-state index contributed by atoms with van der Waals surface area (Å²) in [5.41, 5.74) is -6.63. The number of anilines is 1. The largest absolute Gasteiger partial charge is 0.479 e. The molecule has 0 saturated carbocycles. The van der Waals surface area contributed by atoms with E-state index in [-0.39, 0.29) is 86.5 Å². The molecule has 28 heteroatoms. The summed E-state index contributed by atoms with van der Waals surface area (Å²) in [6, 6.07) is 10.8. The topological polar surface area (TPSA) is 262 Å². The molecule has 512 valence electrons. The number of ketones is 1. The number of nitrogens with one attached hydrogen (secondary N) is 1. The van der Waals surface area contributed by atoms with Crippen molar-refractivity contribution in [1.29, 1.82) is 0 Å². The Balaban J connectivity index is 0.000000379. The summed E-state index contributed by atoms with van der Waals surface area (Å²) in [5, 5.41) is 2.58. The predicted octanol–water partition coefficient (Wildman–Crippen LogP) is 11.2. The van der Waals surface area contributed by atoms with Crippen LogP contribution < -0.4 is 19.7 Å². The molecular weight excluding hydrogens is 1230 g/mol. The fraction of sp³-hybridized carbons (Fsp3) is 0.585. The van der Waals surface area contributed by atoms with Gasteiger partial charge in [-0.15, -0.1) is 0 Å². The minimum atomic E-state index is -4.94. The van der Waals surface area contributed by atoms with Crippen molar-refractivity contribution in [3.8, 4) is 11.5 Å². The standard InChI is InChI=1S/C36H47F3N4O7.C27H37F3N2O5.2CO2/c1-8-35(7)31(45)42(18-16-40-32(46)48-22-24-13-10-9-11-14-24)28-19-26(27(36(37,38)39)20-29(28)49-35)30(44)43(23(2)3)25-15-12-17-41(21-25)33(47)50-34(4,5)6;1-8-26(7)22(33)13-17-12-19(20(27(28,29)30)14-21(17)36-26)23(34)32(16(2)3)18-10-9-11-31(15-18)24(35)37-25(4,5)6;2*2-1-3/h9-11,13-14,19-20,23,25H,8,12,15-18,21-22H2,1-7H3,(H,40,46);12,14,16,18H,8-11,13,15H2,1-7H3;;/t25-,35?;18-,26?;;/m11../s1. The van der Waals surface area contributed by atoms with Crippen molar-refractivity contribution >= 4 is 59.8 Å². The number of hydrogen-bond donors (Lipinski definition) is 1. The Labute approximate surface area is 536 Å². The Morgan fingerprint density at radius 2 is 1.10 bits per heavy atom. The molecule has 1 N–H and O–H groups in total. The van der Waals surface area contributed by atoms with Gasteiger partial charge in [-0.05, 0) is 151 Å². The first-order valence-corrected chi connectivity index (χ1v) is 30.4. The van der Waals surface area contributed by atoms with E-state index in [1.165, 1.54) is 31.4 Å². The van der Waals surface area contributed by atoms with E-state index in [1.54, 1.807) is 114 Å². The molecule has 0 aliphatic carbocycles. The quantitative estimate of drug-likeness (QED) is 0.123. The van der Waals surface area contributed by atoms with Crippen LogP contribution in [-0.2, 0) is 68.4 Å². The van der Waals surface area contributed by atoms with E-state index in [4.69, 9.17) is 42.9 Å². The number of benzene rings is 3. The van der Waals surface area contributed by atoms with Crippen LogP contribution in [-0.4, -0.2) is 160 Å². The normalized spacial score (nSPS) is 19.5. The van der Waals surface area contributed by atoms with Crippen LogP contribution >= 0.6 is 0 Å². The summed E-state index contributed by atoms with van der Waals surface area (Å²) in [6.45, 7) is 24.6. The predicted molar refractivity (Wildman–Crippen MR) is 322 cm³/mol. The number of amides is 6. The second kappa shape index (κ2) is 31.9. The number of halogens is 6. The fourth-order valence-corrected chi connectivity index (χ4v) is 10.9. The first-order valence-electron chi connectivity index (χ1n) is 30.4. The summed E-state index contributed by atoms with van der Waals surface area (Å²) < 4.78 is 115. The number of alkyl halides is 6. The monoisotopic (exact) mass is 1320 g/mol. The Hall–Kier alpha value is -8.51. The molecule has 4 aliphatic heterocycles. The van der Waals surface area contributed by atoms with Gasteiger partial charge in [0.2, 0.25) is 0 Å². The van der Waals surface area contributed by atoms with Crippen LogP contribution in [0.5, 0.6) is 11.5 Å². The van der Waals surface area contributed by atoms with Crippen molar-refractivity contribution < 1.29 is 103 Å². The van der Waals surface area contributed by atoms with E-state index < -0.39 is 117 Å². The van der Waals surface area contributed by atoms with Gasteiger partial charge in [-0.25, -0.2) is 14.4 Å². The first kappa shape index (κ1) is 76.9. The van der Waals surface area contributed by atoms with Gasteiger partial charge in [0, 0.05) is 63.3 Å². The van der Waals surface area contributed by atoms with Crippen LogP contribution in [0.2, 0.25) is 0 Å². The van der Waals surface area contributed by atoms with Gasteiger partial charge in [0.25, 0.3) is 17.7 Å². The lowest BCUT2D eigenvalue weighted by atomic mass is 9.87. The lowest BCUT2D eigenvalue weighted by molar-refractivity contribution is -0.193. The highest BCUT2D eigenvalue weighted by molar-refractivity contribution is 6.05. The molecule has 0 radical (unpaired) electrons. The summed E-state index contributed by atoms with van der Waals surface area (Å²) in [7, 11) is 0. The number of piperidine rings is 2. The Bertz CT molecular complexity index is 3210. The molecule has 93 heavy (non-hydrogen) atoms. The van der Waals surface area contributed by atoms with Gasteiger partial charge >= 0.3 is 42.9 Å². The van der Waals surface area contributed by atoms with Gasteiger partial charge in [0.1, 0.15) is 29.3 Å². The molecule has 4 heterocycles. The molecule has 4 atom stereocenters. The average molecular weight is 1320 g/mol. The van der Waals surface area contributed by atoms with E-state index in [9.17, 15) is 59.9 Å². The number of carbonyl (C=O) groups excluding carboxylic acids is 11. The zero-order valence-electron chi connectivity index (χ0n) is 54.9. The fourth-order valence-electron chi connectivity index (χ4n) is 10.9. The number of carbonyl (C=O) groups is 7. The zero-order valence-corrected chi connectivity index (χ0v) is 54.9. The third-order valence-electron chi connectivity index (χ3n) is 15.6. The molecule has 2 fully saturated rings. The van der Waals surface area contributed by atoms with Crippen LogP contribution in [0.15, 0.2) is 54.6 Å². The maximum Gasteiger partial charge on any atom is 0.417 e. The van der Waals surface area contributed by atoms with Crippen molar-refractivity contribution in [2.45, 2.75) is 207 Å². The summed E-state index contributed by atoms with van der Waals surface area (Å²) in [6.07, 6.45) is -8.65. The molecule has 6 amide bonds. The average Bonchev–Trinajstić information content (AvgIpc) is 0.751. The van der Waals surface area contributed by atoms with Crippen LogP contribution in [0, 0.1) is 0 Å². The number of likely N-dealkylation sites (tertiary alicyclic amines) is 2. The van der Waals surface area contributed by atoms with Crippen LogP contribution in [0.25, 0.3) is 0 Å². The molecule has 3 aromatic carbocycles. The smallest absolute Gasteiger partial charge is 0.417 e. The van der Waals surface area contributed by atoms with Gasteiger partial charge in [0.05, 0.1) is 40.0 Å². The SMILES string of the molecule is CCC1(C)Oc2cc(C(F)(F)F)c(C(=O)N(C(C)C)[C@@H]3CCCN(C(=O)OC(C)(C)C)C3)cc2CC1=O.CCC1(C)Oc2cc(C(F)(F)F)c(C(=O)N(C(C)C)[C@@H]3CCCN(C(=O)OC(C)(C)C)C3)cc2N(CCNC(=O)OCc2ccccc2)C1=O.O=C=O.O=C=O. The molecule has 22 nitrogen and oxygen atoms in total. The zero-order chi connectivity index (χ0) is 70.4. The van der Waals surface area contributed by atoms with Crippen molar-refractivity contribution in [2.75, 3.05) is 44.2 Å². The second-order valence-corrected chi connectivity index (χ2v) is 25.5. The van der Waals surface area contributed by atoms with Crippen molar-refractivity contribution in [1.82, 2.24) is 24.9 Å². The second-order valence-electron chi connectivity index (χ2n) is 25.5. The molecule has 4 aliphatic rings. The number of ether oxygens (including phenoxy) is 5. The van der Waals surface area contributed by atoms with E-state index in [0.717, 1.165) is 29.8 Å². The van der Waals surface area contributed by atoms with Crippen LogP contribution in [0.1, 0.15) is 178 Å². The van der Waals surface area contributed by atoms with Gasteiger partial charge in [0.15, 0.2) is 17.0 Å². The number of fused-ring (bicyclic) bond motifs is 2.